The summed E-state index contributed by atoms with van der Waals surface area (Å²) in [4.78, 5) is 10.3. The van der Waals surface area contributed by atoms with E-state index in [-0.39, 0.29) is 0 Å². The third kappa shape index (κ3) is 1.68. The predicted molar refractivity (Wildman–Crippen MR) is 65.2 cm³/mol. The van der Waals surface area contributed by atoms with E-state index in [0.29, 0.717) is 10.6 Å². The van der Waals surface area contributed by atoms with Gasteiger partial charge in [0.15, 0.2) is 0 Å². The highest BCUT2D eigenvalue weighted by atomic mass is 35.5. The average Bonchev–Trinajstić information content (AvgIpc) is 2.62. The second-order valence-electron chi connectivity index (χ2n) is 3.51. The molecule has 16 heavy (non-hydrogen) atoms. The quantitative estimate of drug-likeness (QED) is 0.853. The molecule has 3 nitrogen and oxygen atoms in total. The van der Waals surface area contributed by atoms with Crippen molar-refractivity contribution < 1.29 is 9.90 Å². The van der Waals surface area contributed by atoms with Crippen molar-refractivity contribution in [1.29, 1.82) is 0 Å². The van der Waals surface area contributed by atoms with Gasteiger partial charge in [-0.25, -0.2) is 4.79 Å². The van der Waals surface area contributed by atoms with Gasteiger partial charge in [0.05, 0.1) is 0 Å². The molecule has 0 bridgehead atoms. The minimum Gasteiger partial charge on any atom is -0.479 e. The van der Waals surface area contributed by atoms with Gasteiger partial charge < -0.3 is 10.4 Å². The Balaban J connectivity index is 2.51. The average molecular weight is 256 g/mol. The van der Waals surface area contributed by atoms with E-state index in [4.69, 9.17) is 11.6 Å². The van der Waals surface area contributed by atoms with E-state index in [2.05, 4.69) is 5.32 Å². The maximum absolute atomic E-state index is 11.4. The van der Waals surface area contributed by atoms with Crippen LogP contribution >= 0.6 is 23.4 Å². The van der Waals surface area contributed by atoms with Gasteiger partial charge in [0.1, 0.15) is 0 Å². The highest BCUT2D eigenvalue weighted by molar-refractivity contribution is 8.04. The van der Waals surface area contributed by atoms with Gasteiger partial charge in [-0.3, -0.25) is 0 Å². The number of hydrogen-bond acceptors (Lipinski definition) is 3. The number of aliphatic carboxylic acids is 1. The summed E-state index contributed by atoms with van der Waals surface area (Å²) in [6.45, 7) is 1.83. The summed E-state index contributed by atoms with van der Waals surface area (Å²) >= 11 is 7.26. The van der Waals surface area contributed by atoms with Crippen LogP contribution in [0.3, 0.4) is 0 Å². The third-order valence-corrected chi connectivity index (χ3v) is 3.99. The maximum Gasteiger partial charge on any atom is 0.345 e. The Labute approximate surface area is 102 Å². The lowest BCUT2D eigenvalue weighted by Crippen LogP contribution is -2.42. The van der Waals surface area contributed by atoms with Crippen molar-refractivity contribution in [2.75, 3.05) is 0 Å². The number of halogens is 1. The van der Waals surface area contributed by atoms with Crippen LogP contribution in [0.2, 0.25) is 5.02 Å². The predicted octanol–water partition coefficient (Wildman–Crippen LogP) is 2.78. The summed E-state index contributed by atoms with van der Waals surface area (Å²) in [7, 11) is 0. The van der Waals surface area contributed by atoms with Crippen molar-refractivity contribution in [3.63, 3.8) is 0 Å². The first-order valence-corrected chi connectivity index (χ1v) is 5.93. The van der Waals surface area contributed by atoms with Crippen LogP contribution in [0.1, 0.15) is 12.5 Å². The fraction of sp³-hybridized carbons (Fsp3) is 0.182. The zero-order valence-electron chi connectivity index (χ0n) is 8.53. The maximum atomic E-state index is 11.4. The van der Waals surface area contributed by atoms with E-state index in [9.17, 15) is 9.90 Å². The second-order valence-corrected chi connectivity index (χ2v) is 5.00. The zero-order chi connectivity index (χ0) is 11.8. The number of thioether (sulfide) groups is 1. The van der Waals surface area contributed by atoms with Crippen LogP contribution in [0.4, 0.5) is 0 Å². The normalized spacial score (nSPS) is 23.8. The lowest BCUT2D eigenvalue weighted by molar-refractivity contribution is -0.140. The van der Waals surface area contributed by atoms with Gasteiger partial charge >= 0.3 is 5.97 Å². The molecule has 0 radical (unpaired) electrons. The Morgan fingerprint density at radius 1 is 1.50 bits per heavy atom. The smallest absolute Gasteiger partial charge is 0.345 e. The van der Waals surface area contributed by atoms with Crippen LogP contribution in [-0.2, 0) is 9.67 Å². The molecular weight excluding hydrogens is 246 g/mol. The van der Waals surface area contributed by atoms with Crippen molar-refractivity contribution in [1.82, 2.24) is 5.32 Å². The molecule has 2 N–H and O–H groups in total. The summed E-state index contributed by atoms with van der Waals surface area (Å²) in [6, 6.07) is 6.98. The van der Waals surface area contributed by atoms with Crippen LogP contribution in [0.15, 0.2) is 35.4 Å². The van der Waals surface area contributed by atoms with Gasteiger partial charge in [-0.15, -0.1) is 0 Å². The van der Waals surface area contributed by atoms with Gasteiger partial charge in [0.2, 0.25) is 4.87 Å². The van der Waals surface area contributed by atoms with E-state index >= 15 is 0 Å². The Morgan fingerprint density at radius 3 is 2.69 bits per heavy atom. The summed E-state index contributed by atoms with van der Waals surface area (Å²) < 4.78 is 0. The number of allylic oxidation sites excluding steroid dienone is 1. The van der Waals surface area contributed by atoms with Gasteiger partial charge in [0, 0.05) is 16.3 Å². The van der Waals surface area contributed by atoms with Crippen molar-refractivity contribution in [3.8, 4) is 0 Å². The first-order valence-electron chi connectivity index (χ1n) is 4.67. The molecule has 0 saturated heterocycles. The molecule has 0 spiro atoms. The monoisotopic (exact) mass is 255 g/mol. The second kappa shape index (κ2) is 4.03. The Hall–Kier alpha value is -1.13. The van der Waals surface area contributed by atoms with Crippen LogP contribution in [0, 0.1) is 0 Å². The zero-order valence-corrected chi connectivity index (χ0v) is 10.1. The van der Waals surface area contributed by atoms with Crippen LogP contribution in [0.25, 0.3) is 0 Å². The Kier molecular flexibility index (Phi) is 2.86. The Bertz CT molecular complexity index is 475. The lowest BCUT2D eigenvalue weighted by atomic mass is 10.1. The van der Waals surface area contributed by atoms with Crippen LogP contribution in [-0.4, -0.2) is 11.1 Å². The summed E-state index contributed by atoms with van der Waals surface area (Å²) in [5, 5.41) is 14.6. The number of benzene rings is 1. The van der Waals surface area contributed by atoms with Crippen molar-refractivity contribution >= 4 is 29.3 Å². The Morgan fingerprint density at radius 2 is 2.19 bits per heavy atom. The van der Waals surface area contributed by atoms with E-state index in [1.165, 1.54) is 11.8 Å². The minimum absolute atomic E-state index is 0.452. The molecule has 0 saturated carbocycles. The molecule has 0 aliphatic carbocycles. The summed E-state index contributed by atoms with van der Waals surface area (Å²) in [5.41, 5.74) is 1.40. The van der Waals surface area contributed by atoms with E-state index < -0.39 is 10.8 Å². The van der Waals surface area contributed by atoms with Gasteiger partial charge in [0.25, 0.3) is 0 Å². The largest absolute Gasteiger partial charge is 0.479 e. The number of rotatable bonds is 2. The highest BCUT2D eigenvalue weighted by Crippen LogP contribution is 2.43. The van der Waals surface area contributed by atoms with E-state index in [1.807, 2.05) is 6.92 Å². The molecule has 1 atom stereocenters. The molecule has 1 aliphatic heterocycles. The topological polar surface area (TPSA) is 49.3 Å². The molecule has 1 heterocycles. The molecule has 5 heteroatoms. The summed E-state index contributed by atoms with van der Waals surface area (Å²) in [5.74, 6) is -0.946. The number of carboxylic acids is 1. The molecule has 84 valence electrons. The number of carbonyl (C=O) groups is 1. The molecule has 2 rings (SSSR count). The number of carboxylic acid groups (broad SMARTS) is 1. The van der Waals surface area contributed by atoms with Gasteiger partial charge in [-0.2, -0.15) is 0 Å². The van der Waals surface area contributed by atoms with Gasteiger partial charge in [-0.1, -0.05) is 41.6 Å². The number of hydrogen-bond donors (Lipinski definition) is 2. The lowest BCUT2D eigenvalue weighted by Gasteiger charge is -2.26. The van der Waals surface area contributed by atoms with Crippen molar-refractivity contribution in [2.24, 2.45) is 0 Å². The van der Waals surface area contributed by atoms with E-state index in [0.717, 1.165) is 5.70 Å². The van der Waals surface area contributed by atoms with E-state index in [1.54, 1.807) is 29.7 Å². The van der Waals surface area contributed by atoms with Crippen LogP contribution in [0.5, 0.6) is 0 Å². The molecule has 1 aromatic rings. The SMILES string of the molecule is CC1=CSC(C(=O)O)(c2ccccc2Cl)N1. The van der Waals surface area contributed by atoms with Crippen molar-refractivity contribution in [3.05, 3.63) is 46.0 Å². The molecule has 0 amide bonds. The molecule has 0 fully saturated rings. The summed E-state index contributed by atoms with van der Waals surface area (Å²) in [6.07, 6.45) is 0. The highest BCUT2D eigenvalue weighted by Gasteiger charge is 2.45. The first-order chi connectivity index (χ1) is 7.56. The fourth-order valence-corrected chi connectivity index (χ4v) is 2.98. The molecule has 1 unspecified atom stereocenters. The fourth-order valence-electron chi connectivity index (χ4n) is 1.61. The third-order valence-electron chi connectivity index (χ3n) is 2.34. The molecule has 1 aromatic carbocycles. The molecule has 1 aliphatic rings. The first kappa shape index (κ1) is 11.4. The van der Waals surface area contributed by atoms with Crippen LogP contribution < -0.4 is 5.32 Å². The number of nitrogens with one attached hydrogen (secondary N) is 1. The van der Waals surface area contributed by atoms with Crippen molar-refractivity contribution in [2.45, 2.75) is 11.8 Å². The van der Waals surface area contributed by atoms with Gasteiger partial charge in [-0.05, 0) is 18.4 Å². The minimum atomic E-state index is -1.19. The molecular formula is C11H10ClNO2S. The standard InChI is InChI=1S/C11H10ClNO2S/c1-7-6-16-11(13-7,10(14)15)8-4-2-3-5-9(8)12/h2-6,13H,1H3,(H,14,15). The molecule has 0 aromatic heterocycles.